The summed E-state index contributed by atoms with van der Waals surface area (Å²) in [5.41, 5.74) is 7.85. The molecule has 0 radical (unpaired) electrons. The summed E-state index contributed by atoms with van der Waals surface area (Å²) >= 11 is 3.36. The summed E-state index contributed by atoms with van der Waals surface area (Å²) in [6.07, 6.45) is -0.194. The first-order valence-electron chi connectivity index (χ1n) is 11.2. The van der Waals surface area contributed by atoms with Crippen LogP contribution in [0, 0.1) is 11.3 Å². The molecule has 2 atom stereocenters. The Kier molecular flexibility index (Phi) is 9.66. The van der Waals surface area contributed by atoms with Gasteiger partial charge in [0.2, 0.25) is 5.91 Å². The molecule has 0 aliphatic carbocycles. The molecule has 190 valence electrons. The average molecular weight is 565 g/mol. The second kappa shape index (κ2) is 13.1. The molecule has 10 heteroatoms. The zero-order valence-electron chi connectivity index (χ0n) is 19.9. The summed E-state index contributed by atoms with van der Waals surface area (Å²) in [7, 11) is 0. The first kappa shape index (κ1) is 27.3. The standard InChI is InChI=1S/C27H25BrN4O5/c1-2-36-24(13-14-25(34)32-22-6-4-3-5-21(22)30)26(20-15-18(28)9-12-23(20)33)37-27(35)31-19-10-7-17(16-29)8-11-19/h3-15,24,26,33H,2,30H2,1H3,(H,31,35)(H,32,34)/b14-13+/t24-,26-/m1/s1. The van der Waals surface area contributed by atoms with Gasteiger partial charge in [0.25, 0.3) is 0 Å². The number of nitrogens with zero attached hydrogens (tertiary/aromatic N) is 1. The Bertz CT molecular complexity index is 1320. The number of hydrogen-bond donors (Lipinski definition) is 4. The Morgan fingerprint density at radius 3 is 2.54 bits per heavy atom. The highest BCUT2D eigenvalue weighted by atomic mass is 79.9. The Morgan fingerprint density at radius 2 is 1.86 bits per heavy atom. The second-order valence-corrected chi connectivity index (χ2v) is 8.61. The molecule has 0 aliphatic rings. The predicted molar refractivity (Wildman–Crippen MR) is 144 cm³/mol. The third-order valence-corrected chi connectivity index (χ3v) is 5.60. The largest absolute Gasteiger partial charge is 0.508 e. The summed E-state index contributed by atoms with van der Waals surface area (Å²) in [5, 5.41) is 24.8. The van der Waals surface area contributed by atoms with Crippen molar-refractivity contribution in [2.45, 2.75) is 19.1 Å². The molecule has 0 saturated heterocycles. The Labute approximate surface area is 222 Å². The van der Waals surface area contributed by atoms with E-state index in [1.165, 1.54) is 18.2 Å². The molecule has 9 nitrogen and oxygen atoms in total. The van der Waals surface area contributed by atoms with Gasteiger partial charge in [-0.3, -0.25) is 10.1 Å². The lowest BCUT2D eigenvalue weighted by Crippen LogP contribution is -2.28. The van der Waals surface area contributed by atoms with Crippen LogP contribution in [0.5, 0.6) is 5.75 Å². The summed E-state index contributed by atoms with van der Waals surface area (Å²) in [5.74, 6) is -0.596. The number of nitrogens with two attached hydrogens (primary N) is 1. The summed E-state index contributed by atoms with van der Waals surface area (Å²) < 4.78 is 12.1. The molecule has 0 fully saturated rings. The van der Waals surface area contributed by atoms with Crippen LogP contribution in [-0.4, -0.2) is 29.8 Å². The van der Waals surface area contributed by atoms with Crippen LogP contribution in [0.1, 0.15) is 24.2 Å². The van der Waals surface area contributed by atoms with Gasteiger partial charge in [0.15, 0.2) is 6.10 Å². The number of nitrogen functional groups attached to an aromatic ring is 1. The van der Waals surface area contributed by atoms with E-state index in [0.717, 1.165) is 0 Å². The van der Waals surface area contributed by atoms with Crippen molar-refractivity contribution in [3.05, 3.63) is 94.5 Å². The topological polar surface area (TPSA) is 147 Å². The first-order valence-corrected chi connectivity index (χ1v) is 12.0. The molecule has 0 aliphatic heterocycles. The molecular weight excluding hydrogens is 540 g/mol. The molecule has 3 rings (SSSR count). The molecule has 3 aromatic rings. The smallest absolute Gasteiger partial charge is 0.412 e. The molecule has 5 N–H and O–H groups in total. The number of rotatable bonds is 9. The van der Waals surface area contributed by atoms with Crippen molar-refractivity contribution in [2.24, 2.45) is 0 Å². The van der Waals surface area contributed by atoms with Crippen LogP contribution in [0.15, 0.2) is 83.4 Å². The molecule has 2 amide bonds. The van der Waals surface area contributed by atoms with E-state index in [1.807, 2.05) is 6.07 Å². The van der Waals surface area contributed by atoms with E-state index in [4.69, 9.17) is 20.5 Å². The lowest BCUT2D eigenvalue weighted by molar-refractivity contribution is -0.112. The SMILES string of the molecule is CCO[C@H](/C=C/C(=O)Nc1ccccc1N)[C@H](OC(=O)Nc1ccc(C#N)cc1)c1cc(Br)ccc1O. The van der Waals surface area contributed by atoms with Crippen LogP contribution < -0.4 is 16.4 Å². The maximum atomic E-state index is 12.8. The number of phenols is 1. The Morgan fingerprint density at radius 1 is 1.14 bits per heavy atom. The number of phenolic OH excluding ortho intramolecular Hbond substituents is 1. The molecule has 0 unspecified atom stereocenters. The van der Waals surface area contributed by atoms with Gasteiger partial charge in [-0.1, -0.05) is 28.1 Å². The van der Waals surface area contributed by atoms with Crippen molar-refractivity contribution >= 4 is 45.0 Å². The van der Waals surface area contributed by atoms with E-state index in [-0.39, 0.29) is 17.9 Å². The van der Waals surface area contributed by atoms with Gasteiger partial charge in [0.1, 0.15) is 11.9 Å². The lowest BCUT2D eigenvalue weighted by Gasteiger charge is -2.26. The highest BCUT2D eigenvalue weighted by Gasteiger charge is 2.29. The minimum atomic E-state index is -1.12. The van der Waals surface area contributed by atoms with Crippen molar-refractivity contribution in [3.63, 3.8) is 0 Å². The van der Waals surface area contributed by atoms with Crippen LogP contribution in [0.3, 0.4) is 0 Å². The average Bonchev–Trinajstić information content (AvgIpc) is 2.88. The van der Waals surface area contributed by atoms with Gasteiger partial charge < -0.3 is 25.6 Å². The van der Waals surface area contributed by atoms with Crippen molar-refractivity contribution in [1.29, 1.82) is 5.26 Å². The normalized spacial score (nSPS) is 12.4. The number of anilines is 3. The van der Waals surface area contributed by atoms with Gasteiger partial charge >= 0.3 is 6.09 Å². The van der Waals surface area contributed by atoms with Gasteiger partial charge in [-0.15, -0.1) is 0 Å². The molecule has 0 bridgehead atoms. The number of carbonyl (C=O) groups is 2. The molecule has 0 heterocycles. The monoisotopic (exact) mass is 564 g/mol. The van der Waals surface area contributed by atoms with Crippen molar-refractivity contribution in [2.75, 3.05) is 23.0 Å². The minimum absolute atomic E-state index is 0.126. The Hall–Kier alpha value is -4.33. The van der Waals surface area contributed by atoms with Gasteiger partial charge in [-0.25, -0.2) is 4.79 Å². The maximum absolute atomic E-state index is 12.8. The zero-order chi connectivity index (χ0) is 26.8. The summed E-state index contributed by atoms with van der Waals surface area (Å²) in [6, 6.07) is 19.7. The van der Waals surface area contributed by atoms with Crippen LogP contribution in [-0.2, 0) is 14.3 Å². The van der Waals surface area contributed by atoms with E-state index in [2.05, 4.69) is 26.6 Å². The number of ether oxygens (including phenoxy) is 2. The highest BCUT2D eigenvalue weighted by Crippen LogP contribution is 2.34. The fourth-order valence-electron chi connectivity index (χ4n) is 3.36. The quantitative estimate of drug-likeness (QED) is 0.198. The van der Waals surface area contributed by atoms with Gasteiger partial charge in [-0.2, -0.15) is 5.26 Å². The Balaban J connectivity index is 1.86. The van der Waals surface area contributed by atoms with Gasteiger partial charge in [-0.05, 0) is 67.6 Å². The third-order valence-electron chi connectivity index (χ3n) is 5.10. The molecule has 3 aromatic carbocycles. The number of nitrogens with one attached hydrogen (secondary N) is 2. The summed E-state index contributed by atoms with van der Waals surface area (Å²) in [4.78, 5) is 25.4. The zero-order valence-corrected chi connectivity index (χ0v) is 21.4. The number of halogens is 1. The van der Waals surface area contributed by atoms with Crippen LogP contribution in [0.25, 0.3) is 0 Å². The minimum Gasteiger partial charge on any atom is -0.508 e. The van der Waals surface area contributed by atoms with Crippen molar-refractivity contribution < 1.29 is 24.2 Å². The summed E-state index contributed by atoms with van der Waals surface area (Å²) in [6.45, 7) is 1.98. The predicted octanol–water partition coefficient (Wildman–Crippen LogP) is 5.50. The maximum Gasteiger partial charge on any atom is 0.412 e. The number of carbonyl (C=O) groups excluding carboxylic acids is 2. The second-order valence-electron chi connectivity index (χ2n) is 7.70. The van der Waals surface area contributed by atoms with Crippen LogP contribution in [0.2, 0.25) is 0 Å². The number of para-hydroxylation sites is 2. The molecule has 0 spiro atoms. The third kappa shape index (κ3) is 7.83. The van der Waals surface area contributed by atoms with Crippen molar-refractivity contribution in [1.82, 2.24) is 0 Å². The lowest BCUT2D eigenvalue weighted by atomic mass is 10.0. The number of benzene rings is 3. The number of nitriles is 1. The van der Waals surface area contributed by atoms with E-state index < -0.39 is 24.2 Å². The molecular formula is C27H25BrN4O5. The molecule has 37 heavy (non-hydrogen) atoms. The van der Waals surface area contributed by atoms with Gasteiger partial charge in [0.05, 0.1) is 23.0 Å². The highest BCUT2D eigenvalue weighted by molar-refractivity contribution is 9.10. The van der Waals surface area contributed by atoms with E-state index in [0.29, 0.717) is 27.1 Å². The van der Waals surface area contributed by atoms with Gasteiger partial charge in [0, 0.05) is 28.4 Å². The fraction of sp³-hybridized carbons (Fsp3) is 0.148. The number of hydrogen-bond acceptors (Lipinski definition) is 7. The van der Waals surface area contributed by atoms with Crippen LogP contribution in [0.4, 0.5) is 21.9 Å². The number of aromatic hydroxyl groups is 1. The molecule has 0 saturated carbocycles. The van der Waals surface area contributed by atoms with E-state index in [9.17, 15) is 14.7 Å². The molecule has 0 aromatic heterocycles. The van der Waals surface area contributed by atoms with Crippen LogP contribution >= 0.6 is 15.9 Å². The van der Waals surface area contributed by atoms with Crippen molar-refractivity contribution in [3.8, 4) is 11.8 Å². The fourth-order valence-corrected chi connectivity index (χ4v) is 3.73. The first-order chi connectivity index (χ1) is 17.8. The van der Waals surface area contributed by atoms with E-state index in [1.54, 1.807) is 67.6 Å². The van der Waals surface area contributed by atoms with E-state index >= 15 is 0 Å². The number of amides is 2.